The molecule has 4 rings (SSSR count). The second-order valence-corrected chi connectivity index (χ2v) is 8.61. The molecule has 0 aliphatic carbocycles. The molecule has 172 valence electrons. The first kappa shape index (κ1) is 23.8. The van der Waals surface area contributed by atoms with Crippen LogP contribution >= 0.6 is 34.8 Å². The van der Waals surface area contributed by atoms with E-state index in [4.69, 9.17) is 34.8 Å². The number of hydrogen-bond donors (Lipinski definition) is 2. The Morgan fingerprint density at radius 2 is 1.53 bits per heavy atom. The van der Waals surface area contributed by atoms with E-state index in [9.17, 15) is 14.4 Å². The van der Waals surface area contributed by atoms with Crippen LogP contribution in [0.2, 0.25) is 10.0 Å². The molecule has 0 unspecified atom stereocenters. The molecule has 3 aromatic carbocycles. The van der Waals surface area contributed by atoms with Gasteiger partial charge in [-0.3, -0.25) is 19.3 Å². The number of anilines is 2. The third-order valence-corrected chi connectivity index (χ3v) is 6.36. The maximum absolute atomic E-state index is 12.8. The van der Waals surface area contributed by atoms with E-state index in [0.717, 1.165) is 10.5 Å². The molecule has 0 aromatic heterocycles. The van der Waals surface area contributed by atoms with Crippen LogP contribution in [0.15, 0.2) is 83.5 Å². The van der Waals surface area contributed by atoms with E-state index in [1.165, 1.54) is 0 Å². The van der Waals surface area contributed by atoms with Gasteiger partial charge >= 0.3 is 0 Å². The van der Waals surface area contributed by atoms with Gasteiger partial charge in [-0.2, -0.15) is 0 Å². The van der Waals surface area contributed by atoms with Gasteiger partial charge < -0.3 is 10.6 Å². The lowest BCUT2D eigenvalue weighted by Crippen LogP contribution is -2.34. The van der Waals surface area contributed by atoms with Crippen molar-refractivity contribution in [1.29, 1.82) is 0 Å². The molecule has 3 amide bonds. The van der Waals surface area contributed by atoms with Crippen LogP contribution in [0.3, 0.4) is 0 Å². The first-order valence-corrected chi connectivity index (χ1v) is 11.4. The fourth-order valence-corrected chi connectivity index (χ4v) is 3.97. The number of carbonyl (C=O) groups is 3. The molecule has 0 spiro atoms. The lowest BCUT2D eigenvalue weighted by molar-refractivity contribution is -0.137. The van der Waals surface area contributed by atoms with Gasteiger partial charge in [-0.1, -0.05) is 71.2 Å². The van der Waals surface area contributed by atoms with Crippen LogP contribution < -0.4 is 10.6 Å². The van der Waals surface area contributed by atoms with Crippen LogP contribution in [-0.2, 0) is 16.0 Å². The zero-order valence-electron chi connectivity index (χ0n) is 17.6. The minimum atomic E-state index is -0.542. The number of halogens is 3. The Morgan fingerprint density at radius 1 is 0.824 bits per heavy atom. The van der Waals surface area contributed by atoms with Crippen LogP contribution in [0.4, 0.5) is 11.4 Å². The summed E-state index contributed by atoms with van der Waals surface area (Å²) in [7, 11) is 0. The number of carbonyl (C=O) groups excluding carboxylic acids is 3. The summed E-state index contributed by atoms with van der Waals surface area (Å²) in [5.41, 5.74) is 2.26. The molecule has 3 aromatic rings. The predicted octanol–water partition coefficient (Wildman–Crippen LogP) is 5.72. The van der Waals surface area contributed by atoms with Crippen molar-refractivity contribution in [3.8, 4) is 0 Å². The van der Waals surface area contributed by atoms with Gasteiger partial charge in [0.2, 0.25) is 0 Å². The number of benzene rings is 3. The minimum Gasteiger partial charge on any atom is -0.350 e. The second-order valence-electron chi connectivity index (χ2n) is 7.44. The number of hydrogen-bond acceptors (Lipinski definition) is 4. The monoisotopic (exact) mass is 513 g/mol. The molecule has 9 heteroatoms. The van der Waals surface area contributed by atoms with E-state index in [2.05, 4.69) is 10.6 Å². The SMILES string of the molecule is O=C(Nc1cccc(Cl)c1Cl)c1ccc(NC2=C(Cl)C(=O)N(CCc3ccccc3)C2=O)cc1. The summed E-state index contributed by atoms with van der Waals surface area (Å²) in [5, 5.41) is 6.01. The highest BCUT2D eigenvalue weighted by Crippen LogP contribution is 2.30. The molecule has 0 saturated carbocycles. The molecule has 0 atom stereocenters. The van der Waals surface area contributed by atoms with Crippen molar-refractivity contribution in [2.24, 2.45) is 0 Å². The van der Waals surface area contributed by atoms with Crippen molar-refractivity contribution in [2.75, 3.05) is 17.2 Å². The zero-order valence-corrected chi connectivity index (χ0v) is 19.9. The van der Waals surface area contributed by atoms with Crippen LogP contribution in [0.1, 0.15) is 15.9 Å². The van der Waals surface area contributed by atoms with Crippen molar-refractivity contribution in [3.63, 3.8) is 0 Å². The normalized spacial score (nSPS) is 13.4. The van der Waals surface area contributed by atoms with E-state index >= 15 is 0 Å². The van der Waals surface area contributed by atoms with Gasteiger partial charge in [0, 0.05) is 17.8 Å². The molecule has 0 fully saturated rings. The second kappa shape index (κ2) is 10.3. The van der Waals surface area contributed by atoms with E-state index in [1.54, 1.807) is 42.5 Å². The van der Waals surface area contributed by atoms with Crippen molar-refractivity contribution < 1.29 is 14.4 Å². The molecule has 6 nitrogen and oxygen atoms in total. The Balaban J connectivity index is 1.41. The number of nitrogens with zero attached hydrogens (tertiary/aromatic N) is 1. The van der Waals surface area contributed by atoms with Gasteiger partial charge in [-0.25, -0.2) is 0 Å². The maximum Gasteiger partial charge on any atom is 0.278 e. The summed E-state index contributed by atoms with van der Waals surface area (Å²) in [6.45, 7) is 0.217. The average Bonchev–Trinajstić information content (AvgIpc) is 3.04. The van der Waals surface area contributed by atoms with Gasteiger partial charge in [-0.15, -0.1) is 0 Å². The average molecular weight is 515 g/mol. The molecular weight excluding hydrogens is 497 g/mol. The molecule has 0 radical (unpaired) electrons. The summed E-state index contributed by atoms with van der Waals surface area (Å²) in [6, 6.07) is 20.8. The predicted molar refractivity (Wildman–Crippen MR) is 134 cm³/mol. The lowest BCUT2D eigenvalue weighted by atomic mass is 10.1. The Kier molecular flexibility index (Phi) is 7.22. The molecule has 34 heavy (non-hydrogen) atoms. The summed E-state index contributed by atoms with van der Waals surface area (Å²) in [6.07, 6.45) is 0.524. The number of imide groups is 1. The Hall–Kier alpha value is -3.32. The highest BCUT2D eigenvalue weighted by Gasteiger charge is 2.37. The van der Waals surface area contributed by atoms with E-state index in [0.29, 0.717) is 28.4 Å². The Morgan fingerprint density at radius 3 is 2.24 bits per heavy atom. The van der Waals surface area contributed by atoms with Gasteiger partial charge in [-0.05, 0) is 48.4 Å². The molecule has 0 saturated heterocycles. The number of amides is 3. The first-order valence-electron chi connectivity index (χ1n) is 10.3. The van der Waals surface area contributed by atoms with E-state index in [-0.39, 0.29) is 28.2 Å². The highest BCUT2D eigenvalue weighted by atomic mass is 35.5. The smallest absolute Gasteiger partial charge is 0.278 e. The number of nitrogens with one attached hydrogen (secondary N) is 2. The summed E-state index contributed by atoms with van der Waals surface area (Å²) in [4.78, 5) is 39.0. The third-order valence-electron chi connectivity index (χ3n) is 5.19. The van der Waals surface area contributed by atoms with Crippen LogP contribution in [0.25, 0.3) is 0 Å². The summed E-state index contributed by atoms with van der Waals surface area (Å²) in [5.74, 6) is -1.42. The molecule has 1 aliphatic rings. The quantitative estimate of drug-likeness (QED) is 0.395. The van der Waals surface area contributed by atoms with Crippen LogP contribution in [-0.4, -0.2) is 29.2 Å². The molecule has 1 heterocycles. The summed E-state index contributed by atoms with van der Waals surface area (Å²) < 4.78 is 0. The van der Waals surface area contributed by atoms with Crippen molar-refractivity contribution >= 4 is 63.9 Å². The van der Waals surface area contributed by atoms with E-state index in [1.807, 2.05) is 30.3 Å². The molecule has 1 aliphatic heterocycles. The first-order chi connectivity index (χ1) is 16.3. The topological polar surface area (TPSA) is 78.5 Å². The van der Waals surface area contributed by atoms with Crippen molar-refractivity contribution in [3.05, 3.63) is 105 Å². The lowest BCUT2D eigenvalue weighted by Gasteiger charge is -2.15. The van der Waals surface area contributed by atoms with Gasteiger partial charge in [0.1, 0.15) is 10.7 Å². The maximum atomic E-state index is 12.8. The standard InChI is InChI=1S/C25H18Cl3N3O3/c26-18-7-4-8-19(20(18)27)30-23(32)16-9-11-17(12-10-16)29-22-21(28)24(33)31(25(22)34)14-13-15-5-2-1-3-6-15/h1-12,29H,13-14H2,(H,30,32). The summed E-state index contributed by atoms with van der Waals surface area (Å²) >= 11 is 18.3. The Bertz CT molecular complexity index is 1290. The fraction of sp³-hybridized carbons (Fsp3) is 0.0800. The third kappa shape index (κ3) is 5.09. The number of rotatable bonds is 7. The van der Waals surface area contributed by atoms with Crippen LogP contribution in [0.5, 0.6) is 0 Å². The Labute approximate surface area is 211 Å². The van der Waals surface area contributed by atoms with Crippen molar-refractivity contribution in [1.82, 2.24) is 4.90 Å². The van der Waals surface area contributed by atoms with Crippen molar-refractivity contribution in [2.45, 2.75) is 6.42 Å². The van der Waals surface area contributed by atoms with Gasteiger partial charge in [0.05, 0.1) is 15.7 Å². The minimum absolute atomic E-state index is 0.00244. The zero-order chi connectivity index (χ0) is 24.2. The fourth-order valence-electron chi connectivity index (χ4n) is 3.39. The van der Waals surface area contributed by atoms with E-state index < -0.39 is 11.8 Å². The van der Waals surface area contributed by atoms with Gasteiger partial charge in [0.15, 0.2) is 0 Å². The molecule has 2 N–H and O–H groups in total. The molecule has 0 bridgehead atoms. The largest absolute Gasteiger partial charge is 0.350 e. The molecular formula is C25H18Cl3N3O3. The van der Waals surface area contributed by atoms with Gasteiger partial charge in [0.25, 0.3) is 17.7 Å². The highest BCUT2D eigenvalue weighted by molar-refractivity contribution is 6.48. The van der Waals surface area contributed by atoms with Crippen LogP contribution in [0, 0.1) is 0 Å².